The first-order valence-corrected chi connectivity index (χ1v) is 8.21. The fourth-order valence-electron chi connectivity index (χ4n) is 2.48. The molecule has 0 aliphatic heterocycles. The molecule has 0 fully saturated rings. The SMILES string of the molecule is COc1ccc(Cl)cc1Nc1cc(Nc2cccc(C)c2)nc(C)n1. The van der Waals surface area contributed by atoms with Crippen LogP contribution in [0.1, 0.15) is 11.4 Å². The second kappa shape index (κ2) is 7.40. The molecule has 0 unspecified atom stereocenters. The summed E-state index contributed by atoms with van der Waals surface area (Å²) < 4.78 is 5.36. The van der Waals surface area contributed by atoms with E-state index in [1.54, 1.807) is 19.2 Å². The number of rotatable bonds is 5. The van der Waals surface area contributed by atoms with Crippen molar-refractivity contribution < 1.29 is 4.74 Å². The Morgan fingerprint density at radius 1 is 0.920 bits per heavy atom. The fraction of sp³-hybridized carbons (Fsp3) is 0.158. The van der Waals surface area contributed by atoms with Crippen LogP contribution in [0, 0.1) is 13.8 Å². The molecule has 0 bridgehead atoms. The molecule has 128 valence electrons. The van der Waals surface area contributed by atoms with Crippen molar-refractivity contribution in [1.29, 1.82) is 0 Å². The maximum absolute atomic E-state index is 6.08. The number of methoxy groups -OCH3 is 1. The van der Waals surface area contributed by atoms with Crippen molar-refractivity contribution in [3.05, 3.63) is 64.9 Å². The van der Waals surface area contributed by atoms with Crippen LogP contribution in [0.15, 0.2) is 48.5 Å². The van der Waals surface area contributed by atoms with E-state index in [4.69, 9.17) is 16.3 Å². The van der Waals surface area contributed by atoms with Gasteiger partial charge in [0.2, 0.25) is 0 Å². The number of benzene rings is 2. The van der Waals surface area contributed by atoms with Gasteiger partial charge in [0, 0.05) is 16.8 Å². The van der Waals surface area contributed by atoms with Crippen molar-refractivity contribution >= 4 is 34.6 Å². The molecular formula is C19H19ClN4O. The first kappa shape index (κ1) is 17.0. The van der Waals surface area contributed by atoms with Crippen LogP contribution in [-0.4, -0.2) is 17.1 Å². The number of ether oxygens (including phenoxy) is 1. The average Bonchev–Trinajstić information content (AvgIpc) is 2.54. The minimum absolute atomic E-state index is 0.618. The minimum Gasteiger partial charge on any atom is -0.495 e. The molecule has 3 rings (SSSR count). The van der Waals surface area contributed by atoms with Crippen LogP contribution in [0.5, 0.6) is 5.75 Å². The van der Waals surface area contributed by atoms with Gasteiger partial charge in [-0.05, 0) is 49.7 Å². The number of nitrogens with one attached hydrogen (secondary N) is 2. The van der Waals surface area contributed by atoms with Gasteiger partial charge in [-0.2, -0.15) is 0 Å². The van der Waals surface area contributed by atoms with Crippen molar-refractivity contribution in [3.8, 4) is 5.75 Å². The number of halogens is 1. The summed E-state index contributed by atoms with van der Waals surface area (Å²) in [5.74, 6) is 2.71. The highest BCUT2D eigenvalue weighted by Gasteiger charge is 2.08. The molecule has 1 aromatic heterocycles. The summed E-state index contributed by atoms with van der Waals surface area (Å²) in [6, 6.07) is 15.3. The van der Waals surface area contributed by atoms with Gasteiger partial charge in [0.15, 0.2) is 0 Å². The highest BCUT2D eigenvalue weighted by Crippen LogP contribution is 2.30. The summed E-state index contributed by atoms with van der Waals surface area (Å²) in [5, 5.41) is 7.16. The zero-order chi connectivity index (χ0) is 17.8. The molecule has 0 aliphatic carbocycles. The lowest BCUT2D eigenvalue weighted by Crippen LogP contribution is -2.02. The van der Waals surface area contributed by atoms with Crippen molar-refractivity contribution in [3.63, 3.8) is 0 Å². The lowest BCUT2D eigenvalue weighted by atomic mass is 10.2. The molecule has 0 spiro atoms. The number of hydrogen-bond donors (Lipinski definition) is 2. The molecule has 3 aromatic rings. The summed E-state index contributed by atoms with van der Waals surface area (Å²) in [5.41, 5.74) is 2.90. The highest BCUT2D eigenvalue weighted by atomic mass is 35.5. The van der Waals surface area contributed by atoms with Gasteiger partial charge in [-0.1, -0.05) is 23.7 Å². The van der Waals surface area contributed by atoms with E-state index >= 15 is 0 Å². The van der Waals surface area contributed by atoms with Crippen LogP contribution >= 0.6 is 11.6 Å². The molecule has 0 saturated carbocycles. The second-order valence-corrected chi connectivity index (χ2v) is 6.09. The molecule has 0 atom stereocenters. The zero-order valence-corrected chi connectivity index (χ0v) is 15.1. The van der Waals surface area contributed by atoms with E-state index in [1.165, 1.54) is 5.56 Å². The molecule has 0 aliphatic rings. The first-order chi connectivity index (χ1) is 12.0. The Hall–Kier alpha value is -2.79. The molecule has 5 nitrogen and oxygen atoms in total. The van der Waals surface area contributed by atoms with Crippen molar-refractivity contribution in [1.82, 2.24) is 9.97 Å². The normalized spacial score (nSPS) is 10.4. The Balaban J connectivity index is 1.88. The Bertz CT molecular complexity index is 898. The second-order valence-electron chi connectivity index (χ2n) is 5.65. The van der Waals surface area contributed by atoms with E-state index < -0.39 is 0 Å². The van der Waals surface area contributed by atoms with Crippen LogP contribution in [-0.2, 0) is 0 Å². The number of hydrogen-bond acceptors (Lipinski definition) is 5. The Labute approximate surface area is 152 Å². The molecular weight excluding hydrogens is 336 g/mol. The maximum atomic E-state index is 6.08. The fourth-order valence-corrected chi connectivity index (χ4v) is 2.65. The van der Waals surface area contributed by atoms with Crippen LogP contribution in [0.4, 0.5) is 23.0 Å². The van der Waals surface area contributed by atoms with E-state index in [-0.39, 0.29) is 0 Å². The molecule has 0 radical (unpaired) electrons. The van der Waals surface area contributed by atoms with Gasteiger partial charge < -0.3 is 15.4 Å². The summed E-state index contributed by atoms with van der Waals surface area (Å²) in [7, 11) is 1.62. The van der Waals surface area contributed by atoms with E-state index in [9.17, 15) is 0 Å². The van der Waals surface area contributed by atoms with E-state index in [0.717, 1.165) is 11.4 Å². The minimum atomic E-state index is 0.618. The first-order valence-electron chi connectivity index (χ1n) is 7.83. The largest absolute Gasteiger partial charge is 0.495 e. The third-order valence-corrected chi connectivity index (χ3v) is 3.79. The van der Waals surface area contributed by atoms with E-state index in [2.05, 4.69) is 39.7 Å². The monoisotopic (exact) mass is 354 g/mol. The third-order valence-electron chi connectivity index (χ3n) is 3.55. The van der Waals surface area contributed by atoms with E-state index in [0.29, 0.717) is 28.2 Å². The van der Waals surface area contributed by atoms with Gasteiger partial charge in [0.25, 0.3) is 0 Å². The lowest BCUT2D eigenvalue weighted by molar-refractivity contribution is 0.417. The van der Waals surface area contributed by atoms with Gasteiger partial charge in [-0.15, -0.1) is 0 Å². The molecule has 25 heavy (non-hydrogen) atoms. The summed E-state index contributed by atoms with van der Waals surface area (Å²) in [4.78, 5) is 8.87. The number of aryl methyl sites for hydroxylation is 2. The van der Waals surface area contributed by atoms with Crippen molar-refractivity contribution in [2.75, 3.05) is 17.7 Å². The molecule has 2 N–H and O–H groups in total. The van der Waals surface area contributed by atoms with Crippen LogP contribution in [0.2, 0.25) is 5.02 Å². The number of aromatic nitrogens is 2. The van der Waals surface area contributed by atoms with Crippen LogP contribution < -0.4 is 15.4 Å². The Morgan fingerprint density at radius 2 is 1.68 bits per heavy atom. The van der Waals surface area contributed by atoms with Gasteiger partial charge in [-0.25, -0.2) is 9.97 Å². The Kier molecular flexibility index (Phi) is 5.05. The summed E-state index contributed by atoms with van der Waals surface area (Å²) >= 11 is 6.08. The third kappa shape index (κ3) is 4.39. The summed E-state index contributed by atoms with van der Waals surface area (Å²) in [6.07, 6.45) is 0. The van der Waals surface area contributed by atoms with Crippen LogP contribution in [0.25, 0.3) is 0 Å². The van der Waals surface area contributed by atoms with Crippen LogP contribution in [0.3, 0.4) is 0 Å². The lowest BCUT2D eigenvalue weighted by Gasteiger charge is -2.13. The van der Waals surface area contributed by atoms with Gasteiger partial charge in [0.05, 0.1) is 12.8 Å². The van der Waals surface area contributed by atoms with Crippen molar-refractivity contribution in [2.24, 2.45) is 0 Å². The quantitative estimate of drug-likeness (QED) is 0.656. The smallest absolute Gasteiger partial charge is 0.142 e. The molecule has 0 saturated heterocycles. The van der Waals surface area contributed by atoms with Gasteiger partial charge >= 0.3 is 0 Å². The van der Waals surface area contributed by atoms with Gasteiger partial charge in [0.1, 0.15) is 23.2 Å². The van der Waals surface area contributed by atoms with E-state index in [1.807, 2.05) is 31.2 Å². The highest BCUT2D eigenvalue weighted by molar-refractivity contribution is 6.31. The standard InChI is InChI=1S/C19H19ClN4O/c1-12-5-4-6-15(9-12)23-18-11-19(22-13(2)21-18)24-16-10-14(20)7-8-17(16)25-3/h4-11H,1-3H3,(H2,21,22,23,24). The predicted octanol–water partition coefficient (Wildman–Crippen LogP) is 5.24. The zero-order valence-electron chi connectivity index (χ0n) is 14.3. The number of anilines is 4. The van der Waals surface area contributed by atoms with Gasteiger partial charge in [-0.3, -0.25) is 0 Å². The number of nitrogens with zero attached hydrogens (tertiary/aromatic N) is 2. The molecule has 6 heteroatoms. The van der Waals surface area contributed by atoms with Crippen molar-refractivity contribution in [2.45, 2.75) is 13.8 Å². The Morgan fingerprint density at radius 3 is 2.40 bits per heavy atom. The molecule has 1 heterocycles. The average molecular weight is 355 g/mol. The topological polar surface area (TPSA) is 59.1 Å². The maximum Gasteiger partial charge on any atom is 0.142 e. The molecule has 2 aromatic carbocycles. The molecule has 0 amide bonds. The summed E-state index contributed by atoms with van der Waals surface area (Å²) in [6.45, 7) is 3.90. The predicted molar refractivity (Wildman–Crippen MR) is 103 cm³/mol.